The molecule has 1 N–H and O–H groups in total. The number of hydrogen-bond donors (Lipinski definition) is 1. The lowest BCUT2D eigenvalue weighted by Crippen LogP contribution is -2.15. The van der Waals surface area contributed by atoms with E-state index in [0.717, 1.165) is 28.2 Å². The summed E-state index contributed by atoms with van der Waals surface area (Å²) in [6.07, 6.45) is -0.0858. The molecule has 5 rings (SSSR count). The quantitative estimate of drug-likeness (QED) is 0.892. The number of fused-ring (bicyclic) bond motifs is 2. The number of ether oxygens (including phenoxy) is 5. The molecule has 142 valence electrons. The van der Waals surface area contributed by atoms with Crippen LogP contribution in [0.3, 0.4) is 0 Å². The highest BCUT2D eigenvalue weighted by Crippen LogP contribution is 2.52. The van der Waals surface area contributed by atoms with Gasteiger partial charge in [0.25, 0.3) is 0 Å². The van der Waals surface area contributed by atoms with Crippen LogP contribution in [0.15, 0.2) is 30.3 Å². The molecule has 3 aliphatic rings. The second-order valence-electron chi connectivity index (χ2n) is 7.28. The summed E-state index contributed by atoms with van der Waals surface area (Å²) in [6, 6.07) is 9.43. The van der Waals surface area contributed by atoms with Gasteiger partial charge < -0.3 is 28.8 Å². The van der Waals surface area contributed by atoms with E-state index in [-0.39, 0.29) is 36.6 Å². The zero-order chi connectivity index (χ0) is 18.5. The minimum atomic E-state index is -0.0659. The highest BCUT2D eigenvalue weighted by Gasteiger charge is 2.48. The van der Waals surface area contributed by atoms with E-state index in [1.807, 2.05) is 18.2 Å². The lowest BCUT2D eigenvalue weighted by atomic mass is 9.84. The van der Waals surface area contributed by atoms with Crippen molar-refractivity contribution in [2.24, 2.45) is 11.8 Å². The zero-order valence-corrected chi connectivity index (χ0v) is 15.3. The van der Waals surface area contributed by atoms with Crippen molar-refractivity contribution >= 4 is 0 Å². The predicted octanol–water partition coefficient (Wildman–Crippen LogP) is 3.51. The number of rotatable bonds is 3. The van der Waals surface area contributed by atoms with Gasteiger partial charge in [0.2, 0.25) is 6.79 Å². The van der Waals surface area contributed by atoms with Crippen LogP contribution in [-0.4, -0.2) is 32.2 Å². The maximum Gasteiger partial charge on any atom is 0.231 e. The highest BCUT2D eigenvalue weighted by molar-refractivity contribution is 5.52. The maximum absolute atomic E-state index is 9.85. The lowest BCUT2D eigenvalue weighted by molar-refractivity contribution is 0.0189. The van der Waals surface area contributed by atoms with E-state index in [4.69, 9.17) is 23.7 Å². The molecule has 0 unspecified atom stereocenters. The fourth-order valence-electron chi connectivity index (χ4n) is 4.52. The summed E-state index contributed by atoms with van der Waals surface area (Å²) < 4.78 is 28.7. The lowest BCUT2D eigenvalue weighted by Gasteiger charge is -2.19. The monoisotopic (exact) mass is 370 g/mol. The molecule has 2 saturated heterocycles. The van der Waals surface area contributed by atoms with Crippen molar-refractivity contribution in [2.45, 2.75) is 19.1 Å². The van der Waals surface area contributed by atoms with Crippen LogP contribution in [0.25, 0.3) is 0 Å². The highest BCUT2D eigenvalue weighted by atomic mass is 16.7. The summed E-state index contributed by atoms with van der Waals surface area (Å²) in [5.74, 6) is 2.73. The number of phenols is 1. The van der Waals surface area contributed by atoms with Gasteiger partial charge in [-0.1, -0.05) is 12.1 Å². The smallest absolute Gasteiger partial charge is 0.231 e. The molecular formula is C21H22O6. The Kier molecular flexibility index (Phi) is 3.91. The first-order valence-electron chi connectivity index (χ1n) is 9.16. The molecule has 0 aliphatic carbocycles. The molecule has 4 atom stereocenters. The van der Waals surface area contributed by atoms with Gasteiger partial charge in [-0.2, -0.15) is 0 Å². The third-order valence-electron chi connectivity index (χ3n) is 5.93. The standard InChI is InChI=1S/C21H22O6/c1-11-13(4-6-17-19(11)27-10-26-17)21-15-9-24-20(14(15)8-25-21)12-3-5-16(22)18(7-12)23-2/h3-7,14-15,20-22H,8-10H2,1-2H3/t14-,15-,20+,21+/m0/s1. The van der Waals surface area contributed by atoms with Gasteiger partial charge in [-0.25, -0.2) is 0 Å². The molecule has 0 bridgehead atoms. The van der Waals surface area contributed by atoms with E-state index in [2.05, 4.69) is 13.0 Å². The van der Waals surface area contributed by atoms with Crippen molar-refractivity contribution in [1.29, 1.82) is 0 Å². The van der Waals surface area contributed by atoms with Crippen LogP contribution < -0.4 is 14.2 Å². The van der Waals surface area contributed by atoms with Crippen LogP contribution in [0.2, 0.25) is 0 Å². The van der Waals surface area contributed by atoms with Gasteiger partial charge in [0.15, 0.2) is 23.0 Å². The predicted molar refractivity (Wildman–Crippen MR) is 96.3 cm³/mol. The SMILES string of the molecule is COc1cc([C@H]2OC[C@H]3[C@@H]2CO[C@@H]3c2ccc3c(c2C)OCO3)ccc1O. The molecule has 0 aromatic heterocycles. The van der Waals surface area contributed by atoms with Crippen molar-refractivity contribution in [3.63, 3.8) is 0 Å². The Morgan fingerprint density at radius 1 is 1.00 bits per heavy atom. The number of aromatic hydroxyl groups is 1. The largest absolute Gasteiger partial charge is 0.504 e. The maximum atomic E-state index is 9.85. The summed E-state index contributed by atoms with van der Waals surface area (Å²) in [5.41, 5.74) is 3.22. The van der Waals surface area contributed by atoms with E-state index in [1.54, 1.807) is 13.2 Å². The molecule has 0 amide bonds. The number of methoxy groups -OCH3 is 1. The van der Waals surface area contributed by atoms with Crippen molar-refractivity contribution in [1.82, 2.24) is 0 Å². The van der Waals surface area contributed by atoms with Gasteiger partial charge in [-0.05, 0) is 36.2 Å². The minimum absolute atomic E-state index is 0.0199. The van der Waals surface area contributed by atoms with Crippen LogP contribution in [0.5, 0.6) is 23.0 Å². The van der Waals surface area contributed by atoms with Crippen LogP contribution in [0.1, 0.15) is 28.9 Å². The van der Waals surface area contributed by atoms with E-state index in [0.29, 0.717) is 19.0 Å². The Bertz CT molecular complexity index is 879. The first kappa shape index (κ1) is 16.7. The number of phenolic OH excluding ortho intramolecular Hbond substituents is 1. The van der Waals surface area contributed by atoms with Gasteiger partial charge in [-0.3, -0.25) is 0 Å². The second-order valence-corrected chi connectivity index (χ2v) is 7.28. The molecule has 6 heteroatoms. The second kappa shape index (κ2) is 6.32. The minimum Gasteiger partial charge on any atom is -0.504 e. The van der Waals surface area contributed by atoms with Crippen LogP contribution in [-0.2, 0) is 9.47 Å². The summed E-state index contributed by atoms with van der Waals surface area (Å²) >= 11 is 0. The van der Waals surface area contributed by atoms with Gasteiger partial charge in [0.1, 0.15) is 0 Å². The van der Waals surface area contributed by atoms with E-state index < -0.39 is 0 Å². The summed E-state index contributed by atoms with van der Waals surface area (Å²) in [4.78, 5) is 0. The Labute approximate surface area is 157 Å². The summed E-state index contributed by atoms with van der Waals surface area (Å²) in [7, 11) is 1.55. The molecule has 3 aliphatic heterocycles. The molecule has 0 spiro atoms. The molecular weight excluding hydrogens is 348 g/mol. The first-order valence-corrected chi connectivity index (χ1v) is 9.16. The van der Waals surface area contributed by atoms with Crippen LogP contribution in [0.4, 0.5) is 0 Å². The molecule has 0 radical (unpaired) electrons. The van der Waals surface area contributed by atoms with Crippen molar-refractivity contribution in [3.05, 3.63) is 47.0 Å². The Morgan fingerprint density at radius 3 is 2.59 bits per heavy atom. The molecule has 2 fully saturated rings. The average Bonchev–Trinajstić information content (AvgIpc) is 3.39. The van der Waals surface area contributed by atoms with Crippen LogP contribution >= 0.6 is 0 Å². The summed E-state index contributed by atoms with van der Waals surface area (Å²) in [6.45, 7) is 3.59. The molecule has 3 heterocycles. The van der Waals surface area contributed by atoms with Crippen molar-refractivity contribution < 1.29 is 28.8 Å². The van der Waals surface area contributed by atoms with Crippen molar-refractivity contribution in [2.75, 3.05) is 27.1 Å². The topological polar surface area (TPSA) is 66.4 Å². The zero-order valence-electron chi connectivity index (χ0n) is 15.3. The average molecular weight is 370 g/mol. The van der Waals surface area contributed by atoms with Gasteiger partial charge in [0.05, 0.1) is 32.5 Å². The van der Waals surface area contributed by atoms with Gasteiger partial charge in [0, 0.05) is 17.4 Å². The van der Waals surface area contributed by atoms with Gasteiger partial charge >= 0.3 is 0 Å². The Hall–Kier alpha value is -2.44. The number of hydrogen-bond acceptors (Lipinski definition) is 6. The molecule has 0 saturated carbocycles. The number of benzene rings is 2. The summed E-state index contributed by atoms with van der Waals surface area (Å²) in [5, 5.41) is 9.85. The fraction of sp³-hybridized carbons (Fsp3) is 0.429. The normalized spacial score (nSPS) is 28.4. The third-order valence-corrected chi connectivity index (χ3v) is 5.93. The third kappa shape index (κ3) is 2.55. The Morgan fingerprint density at radius 2 is 1.78 bits per heavy atom. The van der Waals surface area contributed by atoms with Gasteiger partial charge in [-0.15, -0.1) is 0 Å². The molecule has 2 aromatic carbocycles. The fourth-order valence-corrected chi connectivity index (χ4v) is 4.52. The molecule has 2 aromatic rings. The van der Waals surface area contributed by atoms with Crippen molar-refractivity contribution in [3.8, 4) is 23.0 Å². The molecule has 27 heavy (non-hydrogen) atoms. The molecule has 6 nitrogen and oxygen atoms in total. The Balaban J connectivity index is 1.42. The first-order chi connectivity index (χ1) is 13.2. The van der Waals surface area contributed by atoms with E-state index in [9.17, 15) is 5.11 Å². The van der Waals surface area contributed by atoms with E-state index in [1.165, 1.54) is 0 Å². The van der Waals surface area contributed by atoms with E-state index >= 15 is 0 Å². The van der Waals surface area contributed by atoms with Crippen LogP contribution in [0, 0.1) is 18.8 Å².